The largest absolute Gasteiger partial charge is 0.481 e. The molecule has 0 aliphatic heterocycles. The first kappa shape index (κ1) is 13.6. The Morgan fingerprint density at radius 1 is 1.53 bits per heavy atom. The van der Waals surface area contributed by atoms with E-state index in [1.165, 1.54) is 11.7 Å². The van der Waals surface area contributed by atoms with Gasteiger partial charge in [0, 0.05) is 31.8 Å². The molecule has 1 aromatic rings. The number of aliphatic hydroxyl groups is 1. The number of methoxy groups -OCH3 is 1. The summed E-state index contributed by atoms with van der Waals surface area (Å²) in [5, 5.41) is 8.73. The highest BCUT2D eigenvalue weighted by Gasteiger charge is 2.06. The van der Waals surface area contributed by atoms with Gasteiger partial charge in [0.25, 0.3) is 0 Å². The van der Waals surface area contributed by atoms with Crippen molar-refractivity contribution in [3.05, 3.63) is 22.2 Å². The van der Waals surface area contributed by atoms with Crippen LogP contribution in [0.25, 0.3) is 0 Å². The molecule has 0 saturated heterocycles. The number of rotatable bonds is 3. The lowest BCUT2D eigenvalue weighted by molar-refractivity contribution is 0.295. The summed E-state index contributed by atoms with van der Waals surface area (Å²) in [7, 11) is 3.05. The van der Waals surface area contributed by atoms with Crippen LogP contribution in [0.3, 0.4) is 0 Å². The third-order valence-corrected chi connectivity index (χ3v) is 1.70. The summed E-state index contributed by atoms with van der Waals surface area (Å²) in [6.45, 7) is 4.01. The Morgan fingerprint density at radius 3 is 2.60 bits per heavy atom. The van der Waals surface area contributed by atoms with Crippen molar-refractivity contribution in [2.75, 3.05) is 13.7 Å². The van der Waals surface area contributed by atoms with E-state index in [0.717, 1.165) is 5.56 Å². The van der Waals surface area contributed by atoms with Crippen LogP contribution >= 0.6 is 0 Å². The van der Waals surface area contributed by atoms with Crippen LogP contribution < -0.4 is 10.4 Å². The molecule has 1 rings (SSSR count). The highest BCUT2D eigenvalue weighted by atomic mass is 16.5. The zero-order valence-electron chi connectivity index (χ0n) is 9.65. The molecule has 0 aliphatic carbocycles. The van der Waals surface area contributed by atoms with Crippen molar-refractivity contribution < 1.29 is 9.84 Å². The van der Waals surface area contributed by atoms with E-state index >= 15 is 0 Å². The van der Waals surface area contributed by atoms with Crippen molar-refractivity contribution in [3.63, 3.8) is 0 Å². The summed E-state index contributed by atoms with van der Waals surface area (Å²) in [5.41, 5.74) is 0.366. The molecule has 86 valence electrons. The SMILES string of the molecule is CC.COc1nc(=O)n(C)cc1CCO. The Hall–Kier alpha value is -1.36. The molecule has 0 saturated carbocycles. The number of ether oxygens (including phenoxy) is 1. The second kappa shape index (κ2) is 7.00. The van der Waals surface area contributed by atoms with Gasteiger partial charge in [-0.2, -0.15) is 4.98 Å². The molecule has 5 heteroatoms. The maximum Gasteiger partial charge on any atom is 0.350 e. The highest BCUT2D eigenvalue weighted by molar-refractivity contribution is 5.22. The predicted molar refractivity (Wildman–Crippen MR) is 58.2 cm³/mol. The quantitative estimate of drug-likeness (QED) is 0.788. The van der Waals surface area contributed by atoms with E-state index < -0.39 is 0 Å². The van der Waals surface area contributed by atoms with Gasteiger partial charge in [0.2, 0.25) is 5.88 Å². The summed E-state index contributed by atoms with van der Waals surface area (Å²) in [6, 6.07) is 0. The molecule has 0 aliphatic rings. The first-order chi connectivity index (χ1) is 7.19. The molecule has 5 nitrogen and oxygen atoms in total. The molecule has 1 heterocycles. The van der Waals surface area contributed by atoms with E-state index in [-0.39, 0.29) is 18.2 Å². The molecular formula is C10H18N2O3. The number of aryl methyl sites for hydroxylation is 1. The lowest BCUT2D eigenvalue weighted by atomic mass is 10.2. The smallest absolute Gasteiger partial charge is 0.350 e. The lowest BCUT2D eigenvalue weighted by Crippen LogP contribution is -2.21. The van der Waals surface area contributed by atoms with Gasteiger partial charge in [-0.1, -0.05) is 13.8 Å². The van der Waals surface area contributed by atoms with Gasteiger partial charge in [-0.15, -0.1) is 0 Å². The van der Waals surface area contributed by atoms with Crippen LogP contribution in [-0.4, -0.2) is 28.4 Å². The van der Waals surface area contributed by atoms with E-state index in [9.17, 15) is 4.79 Å². The molecule has 0 amide bonds. The highest BCUT2D eigenvalue weighted by Crippen LogP contribution is 2.11. The molecule has 1 N–H and O–H groups in total. The molecular weight excluding hydrogens is 196 g/mol. The van der Waals surface area contributed by atoms with Crippen LogP contribution in [0.2, 0.25) is 0 Å². The van der Waals surface area contributed by atoms with Crippen LogP contribution in [0.4, 0.5) is 0 Å². The first-order valence-corrected chi connectivity index (χ1v) is 4.90. The summed E-state index contributed by atoms with van der Waals surface area (Å²) in [5.74, 6) is 0.289. The Bertz CT molecular complexity index is 347. The summed E-state index contributed by atoms with van der Waals surface area (Å²) in [6.07, 6.45) is 2.05. The molecule has 0 aromatic carbocycles. The lowest BCUT2D eigenvalue weighted by Gasteiger charge is -2.06. The minimum Gasteiger partial charge on any atom is -0.481 e. The van der Waals surface area contributed by atoms with Gasteiger partial charge in [0.15, 0.2) is 0 Å². The molecule has 0 radical (unpaired) electrons. The third kappa shape index (κ3) is 3.71. The topological polar surface area (TPSA) is 64.3 Å². The van der Waals surface area contributed by atoms with Crippen molar-refractivity contribution in [2.45, 2.75) is 20.3 Å². The van der Waals surface area contributed by atoms with Gasteiger partial charge >= 0.3 is 5.69 Å². The second-order valence-electron chi connectivity index (χ2n) is 2.64. The fourth-order valence-corrected chi connectivity index (χ4v) is 1.05. The Labute approximate surface area is 89.3 Å². The second-order valence-corrected chi connectivity index (χ2v) is 2.64. The maximum atomic E-state index is 11.1. The van der Waals surface area contributed by atoms with Gasteiger partial charge in [-0.25, -0.2) is 4.79 Å². The van der Waals surface area contributed by atoms with Crippen LogP contribution in [0.5, 0.6) is 5.88 Å². The van der Waals surface area contributed by atoms with E-state index in [0.29, 0.717) is 6.42 Å². The van der Waals surface area contributed by atoms with Gasteiger partial charge in [-0.05, 0) is 0 Å². The summed E-state index contributed by atoms with van der Waals surface area (Å²) in [4.78, 5) is 14.7. The number of aromatic nitrogens is 2. The van der Waals surface area contributed by atoms with Gasteiger partial charge in [0.05, 0.1) is 7.11 Å². The minimum absolute atomic E-state index is 0.0102. The van der Waals surface area contributed by atoms with E-state index in [1.54, 1.807) is 13.2 Å². The number of aliphatic hydroxyl groups excluding tert-OH is 1. The van der Waals surface area contributed by atoms with Crippen LogP contribution in [0.15, 0.2) is 11.0 Å². The van der Waals surface area contributed by atoms with Crippen molar-refractivity contribution >= 4 is 0 Å². The predicted octanol–water partition coefficient (Wildman–Crippen LogP) is 0.350. The van der Waals surface area contributed by atoms with E-state index in [2.05, 4.69) is 4.98 Å². The molecule has 0 bridgehead atoms. The Balaban J connectivity index is 0.000000921. The number of nitrogens with zero attached hydrogens (tertiary/aromatic N) is 2. The standard InChI is InChI=1S/C8H12N2O3.C2H6/c1-10-5-6(3-4-11)7(13-2)9-8(10)12;1-2/h5,11H,3-4H2,1-2H3;1-2H3. The van der Waals surface area contributed by atoms with Crippen LogP contribution in [0, 0.1) is 0 Å². The van der Waals surface area contributed by atoms with Crippen molar-refractivity contribution in [1.29, 1.82) is 0 Å². The zero-order chi connectivity index (χ0) is 11.8. The Morgan fingerprint density at radius 2 is 2.13 bits per heavy atom. The summed E-state index contributed by atoms with van der Waals surface area (Å²) >= 11 is 0. The number of hydrogen-bond donors (Lipinski definition) is 1. The van der Waals surface area contributed by atoms with E-state index in [4.69, 9.17) is 9.84 Å². The fraction of sp³-hybridized carbons (Fsp3) is 0.600. The van der Waals surface area contributed by atoms with Crippen LogP contribution in [0.1, 0.15) is 19.4 Å². The van der Waals surface area contributed by atoms with Crippen molar-refractivity contribution in [2.24, 2.45) is 7.05 Å². The van der Waals surface area contributed by atoms with E-state index in [1.807, 2.05) is 13.8 Å². The third-order valence-electron chi connectivity index (χ3n) is 1.70. The molecule has 0 spiro atoms. The van der Waals surface area contributed by atoms with Gasteiger partial charge in [-0.3, -0.25) is 0 Å². The van der Waals surface area contributed by atoms with Crippen LogP contribution in [-0.2, 0) is 13.5 Å². The molecule has 0 fully saturated rings. The Kier molecular flexibility index (Phi) is 6.37. The average molecular weight is 214 g/mol. The molecule has 0 unspecified atom stereocenters. The monoisotopic (exact) mass is 214 g/mol. The average Bonchev–Trinajstić information content (AvgIpc) is 2.26. The maximum absolute atomic E-state index is 11.1. The zero-order valence-corrected chi connectivity index (χ0v) is 9.65. The molecule has 0 atom stereocenters. The van der Waals surface area contributed by atoms with Gasteiger partial charge < -0.3 is 14.4 Å². The number of hydrogen-bond acceptors (Lipinski definition) is 4. The summed E-state index contributed by atoms with van der Waals surface area (Å²) < 4.78 is 6.25. The molecule has 1 aromatic heterocycles. The fourth-order valence-electron chi connectivity index (χ4n) is 1.05. The first-order valence-electron chi connectivity index (χ1n) is 4.90. The van der Waals surface area contributed by atoms with Gasteiger partial charge in [0.1, 0.15) is 0 Å². The van der Waals surface area contributed by atoms with Crippen molar-refractivity contribution in [3.8, 4) is 5.88 Å². The molecule has 15 heavy (non-hydrogen) atoms. The van der Waals surface area contributed by atoms with Crippen molar-refractivity contribution in [1.82, 2.24) is 9.55 Å². The normalized spacial score (nSPS) is 9.13. The minimum atomic E-state index is -0.362.